The molecule has 0 saturated heterocycles. The molecule has 0 aliphatic heterocycles. The largest absolute Gasteiger partial charge is 0.507 e. The first-order valence-corrected chi connectivity index (χ1v) is 6.94. The number of aryl methyl sites for hydroxylation is 1. The molecule has 2 nitrogen and oxygen atoms in total. The van der Waals surface area contributed by atoms with Crippen molar-refractivity contribution >= 4 is 17.1 Å². The monoisotopic (exact) mass is 276 g/mol. The quantitative estimate of drug-likeness (QED) is 0.726. The number of hydrogen-bond donors (Lipinski definition) is 1. The third kappa shape index (κ3) is 2.40. The van der Waals surface area contributed by atoms with Crippen molar-refractivity contribution in [3.8, 4) is 5.75 Å². The molecule has 0 spiro atoms. The molecular weight excluding hydrogens is 260 g/mol. The smallest absolute Gasteiger partial charge is 0.153 e. The van der Waals surface area contributed by atoms with Gasteiger partial charge in [0.2, 0.25) is 0 Å². The Morgan fingerprint density at radius 1 is 1.05 bits per heavy atom. The lowest BCUT2D eigenvalue weighted by Crippen LogP contribution is -1.94. The Bertz CT molecular complexity index is 805. The molecule has 21 heavy (non-hydrogen) atoms. The van der Waals surface area contributed by atoms with Gasteiger partial charge in [0.15, 0.2) is 6.29 Å². The van der Waals surface area contributed by atoms with Gasteiger partial charge < -0.3 is 5.11 Å². The first-order chi connectivity index (χ1) is 10.2. The first-order valence-electron chi connectivity index (χ1n) is 6.94. The molecule has 1 N–H and O–H groups in total. The number of aromatic hydroxyl groups is 1. The number of hydrogen-bond acceptors (Lipinski definition) is 2. The average Bonchev–Trinajstić information content (AvgIpc) is 2.52. The van der Waals surface area contributed by atoms with E-state index in [1.165, 1.54) is 5.56 Å². The Kier molecular flexibility index (Phi) is 3.44. The SMILES string of the molecule is Cc1cc(C=O)c(O)c2c(Cc3ccccc3)cccc12. The van der Waals surface area contributed by atoms with Crippen LogP contribution in [0.2, 0.25) is 0 Å². The van der Waals surface area contributed by atoms with Crippen LogP contribution in [0.5, 0.6) is 5.75 Å². The molecule has 0 fully saturated rings. The Balaban J connectivity index is 2.23. The topological polar surface area (TPSA) is 37.3 Å². The van der Waals surface area contributed by atoms with E-state index in [9.17, 15) is 9.90 Å². The molecule has 0 bridgehead atoms. The van der Waals surface area contributed by atoms with Gasteiger partial charge in [-0.2, -0.15) is 0 Å². The first kappa shape index (κ1) is 13.4. The minimum absolute atomic E-state index is 0.0807. The summed E-state index contributed by atoms with van der Waals surface area (Å²) in [6, 6.07) is 17.8. The lowest BCUT2D eigenvalue weighted by Gasteiger charge is -2.12. The lowest BCUT2D eigenvalue weighted by atomic mass is 9.93. The summed E-state index contributed by atoms with van der Waals surface area (Å²) >= 11 is 0. The van der Waals surface area contributed by atoms with Crippen LogP contribution in [0.1, 0.15) is 27.0 Å². The molecule has 0 aromatic heterocycles. The molecule has 3 aromatic carbocycles. The molecule has 0 atom stereocenters. The zero-order valence-electron chi connectivity index (χ0n) is 11.8. The molecule has 0 radical (unpaired) electrons. The summed E-state index contributed by atoms with van der Waals surface area (Å²) in [5.41, 5.74) is 3.56. The van der Waals surface area contributed by atoms with Crippen molar-refractivity contribution in [1.82, 2.24) is 0 Å². The zero-order valence-corrected chi connectivity index (χ0v) is 11.8. The number of fused-ring (bicyclic) bond motifs is 1. The fourth-order valence-corrected chi connectivity index (χ4v) is 2.79. The van der Waals surface area contributed by atoms with Gasteiger partial charge in [-0.05, 0) is 41.5 Å². The second kappa shape index (κ2) is 5.41. The van der Waals surface area contributed by atoms with Crippen LogP contribution in [0.3, 0.4) is 0 Å². The number of rotatable bonds is 3. The Morgan fingerprint density at radius 2 is 1.81 bits per heavy atom. The predicted molar refractivity (Wildman–Crippen MR) is 85.0 cm³/mol. The van der Waals surface area contributed by atoms with Crippen molar-refractivity contribution < 1.29 is 9.90 Å². The predicted octanol–water partition coefficient (Wildman–Crippen LogP) is 4.26. The highest BCUT2D eigenvalue weighted by atomic mass is 16.3. The Morgan fingerprint density at radius 3 is 2.52 bits per heavy atom. The van der Waals surface area contributed by atoms with Gasteiger partial charge in [0.1, 0.15) is 5.75 Å². The minimum Gasteiger partial charge on any atom is -0.507 e. The van der Waals surface area contributed by atoms with Gasteiger partial charge in [0, 0.05) is 5.39 Å². The summed E-state index contributed by atoms with van der Waals surface area (Å²) in [5, 5.41) is 12.2. The van der Waals surface area contributed by atoms with E-state index in [-0.39, 0.29) is 5.75 Å². The van der Waals surface area contributed by atoms with Crippen LogP contribution in [0.4, 0.5) is 0 Å². The molecule has 0 unspecified atom stereocenters. The molecule has 0 aliphatic carbocycles. The normalized spacial score (nSPS) is 10.7. The minimum atomic E-state index is 0.0807. The Hall–Kier alpha value is -2.61. The van der Waals surface area contributed by atoms with Crippen LogP contribution in [-0.4, -0.2) is 11.4 Å². The maximum Gasteiger partial charge on any atom is 0.153 e. The second-order valence-electron chi connectivity index (χ2n) is 5.25. The van der Waals surface area contributed by atoms with Crippen molar-refractivity contribution in [1.29, 1.82) is 0 Å². The summed E-state index contributed by atoms with van der Waals surface area (Å²) in [7, 11) is 0. The fourth-order valence-electron chi connectivity index (χ4n) is 2.79. The van der Waals surface area contributed by atoms with Gasteiger partial charge in [0.05, 0.1) is 5.56 Å². The van der Waals surface area contributed by atoms with E-state index in [0.717, 1.165) is 28.3 Å². The van der Waals surface area contributed by atoms with Crippen LogP contribution in [0.15, 0.2) is 54.6 Å². The lowest BCUT2D eigenvalue weighted by molar-refractivity contribution is 0.112. The van der Waals surface area contributed by atoms with Gasteiger partial charge in [-0.3, -0.25) is 4.79 Å². The van der Waals surface area contributed by atoms with Gasteiger partial charge in [0.25, 0.3) is 0 Å². The number of benzene rings is 3. The molecule has 3 rings (SSSR count). The number of phenolic OH excluding ortho intramolecular Hbond substituents is 1. The van der Waals surface area contributed by atoms with Crippen molar-refractivity contribution in [3.05, 3.63) is 76.9 Å². The molecule has 0 aliphatic rings. The number of aldehydes is 1. The molecule has 2 heteroatoms. The van der Waals surface area contributed by atoms with Crippen LogP contribution < -0.4 is 0 Å². The molecule has 104 valence electrons. The van der Waals surface area contributed by atoms with E-state index in [4.69, 9.17) is 0 Å². The van der Waals surface area contributed by atoms with E-state index in [1.54, 1.807) is 6.07 Å². The average molecular weight is 276 g/mol. The number of carbonyl (C=O) groups excluding carboxylic acids is 1. The maximum absolute atomic E-state index is 11.1. The van der Waals surface area contributed by atoms with Gasteiger partial charge in [-0.25, -0.2) is 0 Å². The number of phenols is 1. The second-order valence-corrected chi connectivity index (χ2v) is 5.25. The molecule has 0 amide bonds. The van der Waals surface area contributed by atoms with E-state index in [0.29, 0.717) is 11.8 Å². The highest BCUT2D eigenvalue weighted by molar-refractivity contribution is 5.99. The number of carbonyl (C=O) groups is 1. The van der Waals surface area contributed by atoms with Gasteiger partial charge in [-0.1, -0.05) is 48.5 Å². The van der Waals surface area contributed by atoms with Crippen molar-refractivity contribution in [3.63, 3.8) is 0 Å². The molecular formula is C19H16O2. The standard InChI is InChI=1S/C19H16O2/c1-13-10-16(12-20)19(21)18-15(8-5-9-17(13)18)11-14-6-3-2-4-7-14/h2-10,12,21H,11H2,1H3. The highest BCUT2D eigenvalue weighted by Gasteiger charge is 2.12. The summed E-state index contributed by atoms with van der Waals surface area (Å²) in [5.74, 6) is 0.0807. The third-order valence-corrected chi connectivity index (χ3v) is 3.82. The summed E-state index contributed by atoms with van der Waals surface area (Å²) in [4.78, 5) is 11.1. The van der Waals surface area contributed by atoms with E-state index in [2.05, 4.69) is 12.1 Å². The molecule has 0 saturated carbocycles. The van der Waals surface area contributed by atoms with Crippen molar-refractivity contribution in [2.75, 3.05) is 0 Å². The van der Waals surface area contributed by atoms with Crippen molar-refractivity contribution in [2.24, 2.45) is 0 Å². The van der Waals surface area contributed by atoms with E-state index >= 15 is 0 Å². The van der Waals surface area contributed by atoms with Crippen LogP contribution in [0.25, 0.3) is 10.8 Å². The van der Waals surface area contributed by atoms with E-state index in [1.807, 2.05) is 43.3 Å². The maximum atomic E-state index is 11.1. The van der Waals surface area contributed by atoms with Crippen LogP contribution in [-0.2, 0) is 6.42 Å². The van der Waals surface area contributed by atoms with Gasteiger partial charge in [-0.15, -0.1) is 0 Å². The van der Waals surface area contributed by atoms with Crippen molar-refractivity contribution in [2.45, 2.75) is 13.3 Å². The Labute approximate surface area is 123 Å². The molecule has 3 aromatic rings. The van der Waals surface area contributed by atoms with Gasteiger partial charge >= 0.3 is 0 Å². The fraction of sp³-hybridized carbons (Fsp3) is 0.105. The third-order valence-electron chi connectivity index (χ3n) is 3.82. The highest BCUT2D eigenvalue weighted by Crippen LogP contribution is 2.34. The summed E-state index contributed by atoms with van der Waals surface area (Å²) in [6.07, 6.45) is 1.44. The van der Waals surface area contributed by atoms with Crippen LogP contribution in [0, 0.1) is 6.92 Å². The van der Waals surface area contributed by atoms with Crippen LogP contribution >= 0.6 is 0 Å². The van der Waals surface area contributed by atoms with E-state index < -0.39 is 0 Å². The summed E-state index contributed by atoms with van der Waals surface area (Å²) < 4.78 is 0. The summed E-state index contributed by atoms with van der Waals surface area (Å²) in [6.45, 7) is 1.96. The zero-order chi connectivity index (χ0) is 14.8. The molecule has 0 heterocycles.